The summed E-state index contributed by atoms with van der Waals surface area (Å²) in [7, 11) is -3.58. The molecule has 0 spiro atoms. The lowest BCUT2D eigenvalue weighted by Gasteiger charge is -2.34. The maximum atomic E-state index is 12.9. The standard InChI is InChI=1S/C19H26N4O3S/c1-15-13-16(2)23(20-15)12-9-21-7-10-22(11-8-21)27(25,26)19-6-4-5-18(14-19)17(3)24/h4-6,13-14H,7-12H2,1-3H3. The van der Waals surface area contributed by atoms with Gasteiger partial charge in [0.05, 0.1) is 17.1 Å². The molecule has 3 rings (SSSR count). The highest BCUT2D eigenvalue weighted by molar-refractivity contribution is 7.89. The number of nitrogens with zero attached hydrogens (tertiary/aromatic N) is 4. The maximum Gasteiger partial charge on any atom is 0.243 e. The zero-order valence-corrected chi connectivity index (χ0v) is 16.9. The molecule has 2 heterocycles. The fourth-order valence-corrected chi connectivity index (χ4v) is 4.82. The largest absolute Gasteiger partial charge is 0.299 e. The number of aromatic nitrogens is 2. The van der Waals surface area contributed by atoms with E-state index in [0.717, 1.165) is 24.5 Å². The Labute approximate surface area is 160 Å². The molecule has 2 aromatic rings. The Balaban J connectivity index is 1.60. The molecule has 1 saturated heterocycles. The number of Topliss-reactive ketones (excluding diaryl/α,β-unsaturated/α-hetero) is 1. The molecule has 1 aromatic carbocycles. The number of carbonyl (C=O) groups excluding carboxylic acids is 1. The number of ketones is 1. The second-order valence-corrected chi connectivity index (χ2v) is 8.92. The van der Waals surface area contributed by atoms with Gasteiger partial charge in [0.25, 0.3) is 0 Å². The third kappa shape index (κ3) is 4.45. The minimum absolute atomic E-state index is 0.138. The highest BCUT2D eigenvalue weighted by Gasteiger charge is 2.28. The van der Waals surface area contributed by atoms with Crippen molar-refractivity contribution >= 4 is 15.8 Å². The number of hydrogen-bond acceptors (Lipinski definition) is 5. The number of rotatable bonds is 6. The van der Waals surface area contributed by atoms with Crippen LogP contribution >= 0.6 is 0 Å². The lowest BCUT2D eigenvalue weighted by atomic mass is 10.2. The normalized spacial score (nSPS) is 16.6. The number of benzene rings is 1. The van der Waals surface area contributed by atoms with Crippen LogP contribution in [0.5, 0.6) is 0 Å². The first kappa shape index (κ1) is 19.7. The summed E-state index contributed by atoms with van der Waals surface area (Å²) in [6, 6.07) is 8.33. The molecule has 0 N–H and O–H groups in total. The second-order valence-electron chi connectivity index (χ2n) is 6.98. The Morgan fingerprint density at radius 2 is 1.78 bits per heavy atom. The van der Waals surface area contributed by atoms with Crippen LogP contribution in [0.1, 0.15) is 28.7 Å². The molecule has 0 amide bonds. The molecule has 27 heavy (non-hydrogen) atoms. The van der Waals surface area contributed by atoms with E-state index in [4.69, 9.17) is 0 Å². The summed E-state index contributed by atoms with van der Waals surface area (Å²) < 4.78 is 29.3. The predicted octanol–water partition coefficient (Wildman–Crippen LogP) is 1.71. The molecule has 0 aliphatic carbocycles. The molecule has 0 atom stereocenters. The van der Waals surface area contributed by atoms with Gasteiger partial charge in [-0.1, -0.05) is 12.1 Å². The Bertz CT molecular complexity index is 928. The Morgan fingerprint density at radius 3 is 2.37 bits per heavy atom. The molecule has 0 unspecified atom stereocenters. The third-order valence-electron chi connectivity index (χ3n) is 4.94. The molecular formula is C19H26N4O3S. The summed E-state index contributed by atoms with van der Waals surface area (Å²) in [4.78, 5) is 14.0. The quantitative estimate of drug-likeness (QED) is 0.702. The topological polar surface area (TPSA) is 75.5 Å². The van der Waals surface area contributed by atoms with Crippen LogP contribution in [0, 0.1) is 13.8 Å². The summed E-state index contributed by atoms with van der Waals surface area (Å²) in [6.07, 6.45) is 0. The van der Waals surface area contributed by atoms with Gasteiger partial charge in [0.1, 0.15) is 0 Å². The van der Waals surface area contributed by atoms with Crippen LogP contribution in [0.3, 0.4) is 0 Å². The van der Waals surface area contributed by atoms with Crippen LogP contribution in [0.2, 0.25) is 0 Å². The number of sulfonamides is 1. The molecule has 7 nitrogen and oxygen atoms in total. The summed E-state index contributed by atoms with van der Waals surface area (Å²) in [5.41, 5.74) is 2.56. The molecule has 1 fully saturated rings. The van der Waals surface area contributed by atoms with Crippen LogP contribution < -0.4 is 0 Å². The van der Waals surface area contributed by atoms with E-state index in [1.807, 2.05) is 18.5 Å². The maximum absolute atomic E-state index is 12.9. The molecule has 0 radical (unpaired) electrons. The lowest BCUT2D eigenvalue weighted by Crippen LogP contribution is -2.49. The summed E-state index contributed by atoms with van der Waals surface area (Å²) >= 11 is 0. The van der Waals surface area contributed by atoms with Crippen molar-refractivity contribution in [3.63, 3.8) is 0 Å². The monoisotopic (exact) mass is 390 g/mol. The zero-order chi connectivity index (χ0) is 19.6. The van der Waals surface area contributed by atoms with Crippen LogP contribution in [-0.4, -0.2) is 65.9 Å². The van der Waals surface area contributed by atoms with E-state index in [1.54, 1.807) is 18.2 Å². The molecule has 1 aliphatic heterocycles. The van der Waals surface area contributed by atoms with E-state index in [0.29, 0.717) is 31.7 Å². The molecular weight excluding hydrogens is 364 g/mol. The Kier molecular flexibility index (Phi) is 5.78. The minimum Gasteiger partial charge on any atom is -0.299 e. The summed E-state index contributed by atoms with van der Waals surface area (Å²) in [6.45, 7) is 9.37. The number of hydrogen-bond donors (Lipinski definition) is 0. The highest BCUT2D eigenvalue weighted by atomic mass is 32.2. The number of piperazine rings is 1. The number of aryl methyl sites for hydroxylation is 2. The van der Waals surface area contributed by atoms with Gasteiger partial charge in [0, 0.05) is 44.0 Å². The fraction of sp³-hybridized carbons (Fsp3) is 0.474. The second kappa shape index (κ2) is 7.92. The Morgan fingerprint density at radius 1 is 1.07 bits per heavy atom. The molecule has 8 heteroatoms. The van der Waals surface area contributed by atoms with E-state index in [1.165, 1.54) is 17.3 Å². The van der Waals surface area contributed by atoms with E-state index in [2.05, 4.69) is 16.1 Å². The molecule has 1 aliphatic rings. The fourth-order valence-electron chi connectivity index (χ4n) is 3.36. The highest BCUT2D eigenvalue weighted by Crippen LogP contribution is 2.19. The number of carbonyl (C=O) groups is 1. The van der Waals surface area contributed by atoms with E-state index < -0.39 is 10.0 Å². The van der Waals surface area contributed by atoms with Gasteiger partial charge in [0.2, 0.25) is 10.0 Å². The third-order valence-corrected chi connectivity index (χ3v) is 6.84. The minimum atomic E-state index is -3.58. The van der Waals surface area contributed by atoms with E-state index in [9.17, 15) is 13.2 Å². The smallest absolute Gasteiger partial charge is 0.243 e. The van der Waals surface area contributed by atoms with Crippen molar-refractivity contribution in [3.8, 4) is 0 Å². The van der Waals surface area contributed by atoms with Gasteiger partial charge >= 0.3 is 0 Å². The zero-order valence-electron chi connectivity index (χ0n) is 16.1. The van der Waals surface area contributed by atoms with Gasteiger partial charge in [0.15, 0.2) is 5.78 Å². The lowest BCUT2D eigenvalue weighted by molar-refractivity contribution is 0.101. The van der Waals surface area contributed by atoms with Crippen molar-refractivity contribution in [2.24, 2.45) is 0 Å². The van der Waals surface area contributed by atoms with Gasteiger partial charge in [-0.2, -0.15) is 9.40 Å². The van der Waals surface area contributed by atoms with Crippen LogP contribution in [-0.2, 0) is 16.6 Å². The van der Waals surface area contributed by atoms with E-state index in [-0.39, 0.29) is 10.7 Å². The van der Waals surface area contributed by atoms with Gasteiger partial charge in [-0.25, -0.2) is 8.42 Å². The summed E-state index contributed by atoms with van der Waals surface area (Å²) in [5.74, 6) is -0.138. The SMILES string of the molecule is CC(=O)c1cccc(S(=O)(=O)N2CCN(CCn3nc(C)cc3C)CC2)c1. The van der Waals surface area contributed by atoms with Crippen LogP contribution in [0.4, 0.5) is 0 Å². The molecule has 146 valence electrons. The van der Waals surface area contributed by atoms with Crippen LogP contribution in [0.25, 0.3) is 0 Å². The van der Waals surface area contributed by atoms with Gasteiger partial charge in [-0.3, -0.25) is 14.4 Å². The van der Waals surface area contributed by atoms with Crippen molar-refractivity contribution in [2.45, 2.75) is 32.2 Å². The first-order chi connectivity index (χ1) is 12.8. The van der Waals surface area contributed by atoms with Crippen molar-refractivity contribution < 1.29 is 13.2 Å². The first-order valence-electron chi connectivity index (χ1n) is 9.12. The average molecular weight is 391 g/mol. The molecule has 0 saturated carbocycles. The first-order valence-corrected chi connectivity index (χ1v) is 10.6. The van der Waals surface area contributed by atoms with Crippen molar-refractivity contribution in [1.82, 2.24) is 19.0 Å². The molecule has 1 aromatic heterocycles. The summed E-state index contributed by atoms with van der Waals surface area (Å²) in [5, 5.41) is 4.47. The van der Waals surface area contributed by atoms with Crippen molar-refractivity contribution in [3.05, 3.63) is 47.3 Å². The van der Waals surface area contributed by atoms with Gasteiger partial charge in [-0.15, -0.1) is 0 Å². The predicted molar refractivity (Wildman–Crippen MR) is 103 cm³/mol. The Hall–Kier alpha value is -2.03. The molecule has 0 bridgehead atoms. The van der Waals surface area contributed by atoms with Gasteiger partial charge < -0.3 is 0 Å². The average Bonchev–Trinajstić information content (AvgIpc) is 2.97. The van der Waals surface area contributed by atoms with Gasteiger partial charge in [-0.05, 0) is 39.0 Å². The van der Waals surface area contributed by atoms with Crippen molar-refractivity contribution in [2.75, 3.05) is 32.7 Å². The van der Waals surface area contributed by atoms with Crippen molar-refractivity contribution in [1.29, 1.82) is 0 Å². The van der Waals surface area contributed by atoms with E-state index >= 15 is 0 Å². The van der Waals surface area contributed by atoms with Crippen LogP contribution in [0.15, 0.2) is 35.2 Å².